The largest absolute Gasteiger partial charge is 0.487 e. The molecule has 0 bridgehead atoms. The van der Waals surface area contributed by atoms with Crippen LogP contribution in [-0.4, -0.2) is 23.0 Å². The number of aromatic nitrogens is 1. The van der Waals surface area contributed by atoms with Gasteiger partial charge in [0.1, 0.15) is 12.4 Å². The van der Waals surface area contributed by atoms with Crippen molar-refractivity contribution in [1.29, 1.82) is 0 Å². The monoisotopic (exact) mass is 313 g/mol. The van der Waals surface area contributed by atoms with Crippen LogP contribution in [0.15, 0.2) is 42.6 Å². The third-order valence-corrected chi connectivity index (χ3v) is 3.44. The van der Waals surface area contributed by atoms with Gasteiger partial charge in [-0.15, -0.1) is 0 Å². The van der Waals surface area contributed by atoms with Crippen molar-refractivity contribution in [3.8, 4) is 5.75 Å². The van der Waals surface area contributed by atoms with Crippen LogP contribution in [0.3, 0.4) is 0 Å². The fraction of sp³-hybridized carbons (Fsp3) is 0.333. The maximum Gasteiger partial charge on any atom is 0.251 e. The molecule has 0 spiro atoms. The van der Waals surface area contributed by atoms with E-state index in [-0.39, 0.29) is 5.91 Å². The summed E-state index contributed by atoms with van der Waals surface area (Å²) in [5.41, 5.74) is 7.67. The number of pyridine rings is 1. The van der Waals surface area contributed by atoms with E-state index in [2.05, 4.69) is 10.3 Å². The lowest BCUT2D eigenvalue weighted by atomic mass is 10.0. The number of aryl methyl sites for hydroxylation is 1. The minimum Gasteiger partial charge on any atom is -0.487 e. The van der Waals surface area contributed by atoms with Gasteiger partial charge in [0.15, 0.2) is 0 Å². The van der Waals surface area contributed by atoms with E-state index in [0.717, 1.165) is 11.3 Å². The highest BCUT2D eigenvalue weighted by atomic mass is 16.5. The van der Waals surface area contributed by atoms with Crippen LogP contribution in [0.2, 0.25) is 0 Å². The number of nitrogens with one attached hydrogen (secondary N) is 1. The number of amides is 1. The van der Waals surface area contributed by atoms with Crippen molar-refractivity contribution < 1.29 is 9.53 Å². The number of benzene rings is 1. The molecule has 5 nitrogen and oxygen atoms in total. The van der Waals surface area contributed by atoms with Gasteiger partial charge in [-0.25, -0.2) is 0 Å². The molecule has 1 aromatic heterocycles. The third-order valence-electron chi connectivity index (χ3n) is 3.44. The molecular weight excluding hydrogens is 290 g/mol. The van der Waals surface area contributed by atoms with Gasteiger partial charge in [0.2, 0.25) is 0 Å². The maximum absolute atomic E-state index is 12.3. The third kappa shape index (κ3) is 5.07. The average molecular weight is 313 g/mol. The van der Waals surface area contributed by atoms with Gasteiger partial charge in [0, 0.05) is 23.3 Å². The molecule has 1 amide bonds. The highest BCUT2D eigenvalue weighted by Gasteiger charge is 2.19. The summed E-state index contributed by atoms with van der Waals surface area (Å²) in [4.78, 5) is 16.5. The van der Waals surface area contributed by atoms with Crippen LogP contribution in [0.4, 0.5) is 0 Å². The zero-order chi connectivity index (χ0) is 16.9. The summed E-state index contributed by atoms with van der Waals surface area (Å²) >= 11 is 0. The van der Waals surface area contributed by atoms with E-state index < -0.39 is 5.54 Å². The van der Waals surface area contributed by atoms with Gasteiger partial charge in [-0.3, -0.25) is 9.78 Å². The van der Waals surface area contributed by atoms with Gasteiger partial charge in [-0.2, -0.15) is 0 Å². The molecule has 0 aliphatic rings. The summed E-state index contributed by atoms with van der Waals surface area (Å²) in [6.07, 6.45) is 1.69. The van der Waals surface area contributed by atoms with Crippen molar-refractivity contribution >= 4 is 5.91 Å². The maximum atomic E-state index is 12.3. The second-order valence-electron chi connectivity index (χ2n) is 6.17. The highest BCUT2D eigenvalue weighted by molar-refractivity contribution is 5.94. The minimum atomic E-state index is -0.433. The molecule has 0 unspecified atom stereocenters. The highest BCUT2D eigenvalue weighted by Crippen LogP contribution is 2.13. The van der Waals surface area contributed by atoms with E-state index >= 15 is 0 Å². The van der Waals surface area contributed by atoms with Crippen LogP contribution in [0.25, 0.3) is 0 Å². The van der Waals surface area contributed by atoms with Crippen LogP contribution < -0.4 is 15.8 Å². The van der Waals surface area contributed by atoms with Crippen molar-refractivity contribution in [3.63, 3.8) is 0 Å². The SMILES string of the molecule is Cc1ccc(OCc2cccc(C(=O)NC(C)(C)CN)c2)cn1. The first-order chi connectivity index (χ1) is 10.9. The fourth-order valence-corrected chi connectivity index (χ4v) is 1.94. The molecule has 0 atom stereocenters. The van der Waals surface area contributed by atoms with Crippen LogP contribution in [0.5, 0.6) is 5.75 Å². The van der Waals surface area contributed by atoms with Gasteiger partial charge >= 0.3 is 0 Å². The Labute approximate surface area is 136 Å². The lowest BCUT2D eigenvalue weighted by Gasteiger charge is -2.24. The van der Waals surface area contributed by atoms with Crippen LogP contribution >= 0.6 is 0 Å². The van der Waals surface area contributed by atoms with E-state index in [1.165, 1.54) is 0 Å². The Morgan fingerprint density at radius 1 is 1.30 bits per heavy atom. The van der Waals surface area contributed by atoms with E-state index in [4.69, 9.17) is 10.5 Å². The summed E-state index contributed by atoms with van der Waals surface area (Å²) in [6.45, 7) is 6.47. The number of hydrogen-bond acceptors (Lipinski definition) is 4. The molecule has 23 heavy (non-hydrogen) atoms. The average Bonchev–Trinajstić information content (AvgIpc) is 2.54. The molecule has 0 aliphatic carbocycles. The molecule has 2 rings (SSSR count). The topological polar surface area (TPSA) is 77.2 Å². The normalized spacial score (nSPS) is 11.1. The summed E-state index contributed by atoms with van der Waals surface area (Å²) < 4.78 is 5.69. The van der Waals surface area contributed by atoms with Gasteiger partial charge in [-0.1, -0.05) is 12.1 Å². The number of rotatable bonds is 6. The van der Waals surface area contributed by atoms with Crippen molar-refractivity contribution in [1.82, 2.24) is 10.3 Å². The lowest BCUT2D eigenvalue weighted by Crippen LogP contribution is -2.48. The summed E-state index contributed by atoms with van der Waals surface area (Å²) in [5, 5.41) is 2.91. The smallest absolute Gasteiger partial charge is 0.251 e. The van der Waals surface area contributed by atoms with Crippen LogP contribution in [0.1, 0.15) is 35.5 Å². The Balaban J connectivity index is 2.02. The predicted molar refractivity (Wildman–Crippen MR) is 90.3 cm³/mol. The molecule has 3 N–H and O–H groups in total. The first kappa shape index (κ1) is 17.0. The molecule has 5 heteroatoms. The molecule has 0 fully saturated rings. The van der Waals surface area contributed by atoms with Crippen molar-refractivity contribution in [2.45, 2.75) is 32.9 Å². The molecular formula is C18H23N3O2. The number of ether oxygens (including phenoxy) is 1. The van der Waals surface area contributed by atoms with Crippen molar-refractivity contribution in [2.24, 2.45) is 5.73 Å². The minimum absolute atomic E-state index is 0.140. The summed E-state index contributed by atoms with van der Waals surface area (Å²) in [6, 6.07) is 11.1. The quantitative estimate of drug-likeness (QED) is 0.858. The first-order valence-electron chi connectivity index (χ1n) is 7.56. The number of nitrogens with zero attached hydrogens (tertiary/aromatic N) is 1. The van der Waals surface area contributed by atoms with E-state index in [9.17, 15) is 4.79 Å². The lowest BCUT2D eigenvalue weighted by molar-refractivity contribution is 0.0915. The Bertz CT molecular complexity index is 666. The fourth-order valence-electron chi connectivity index (χ4n) is 1.94. The number of nitrogens with two attached hydrogens (primary N) is 1. The number of carbonyl (C=O) groups excluding carboxylic acids is 1. The molecule has 0 saturated heterocycles. The van der Waals surface area contributed by atoms with Gasteiger partial charge in [-0.05, 0) is 50.6 Å². The van der Waals surface area contributed by atoms with Gasteiger partial charge < -0.3 is 15.8 Å². The van der Waals surface area contributed by atoms with E-state index in [1.54, 1.807) is 12.3 Å². The summed E-state index contributed by atoms with van der Waals surface area (Å²) in [7, 11) is 0. The zero-order valence-corrected chi connectivity index (χ0v) is 13.8. The Morgan fingerprint density at radius 2 is 2.09 bits per heavy atom. The van der Waals surface area contributed by atoms with E-state index in [1.807, 2.05) is 51.1 Å². The predicted octanol–water partition coefficient (Wildman–Crippen LogP) is 2.44. The molecule has 0 radical (unpaired) electrons. The van der Waals surface area contributed by atoms with E-state index in [0.29, 0.717) is 24.5 Å². The molecule has 1 heterocycles. The second kappa shape index (κ2) is 7.24. The Kier molecular flexibility index (Phi) is 5.34. The summed E-state index contributed by atoms with van der Waals surface area (Å²) in [5.74, 6) is 0.564. The second-order valence-corrected chi connectivity index (χ2v) is 6.17. The molecule has 0 aliphatic heterocycles. The van der Waals surface area contributed by atoms with Crippen molar-refractivity contribution in [2.75, 3.05) is 6.54 Å². The van der Waals surface area contributed by atoms with Crippen LogP contribution in [0, 0.1) is 6.92 Å². The van der Waals surface area contributed by atoms with Crippen molar-refractivity contribution in [3.05, 3.63) is 59.4 Å². The number of hydrogen-bond donors (Lipinski definition) is 2. The first-order valence-corrected chi connectivity index (χ1v) is 7.56. The molecule has 1 aromatic carbocycles. The Hall–Kier alpha value is -2.40. The van der Waals surface area contributed by atoms with Gasteiger partial charge in [0.05, 0.1) is 6.20 Å². The number of carbonyl (C=O) groups is 1. The Morgan fingerprint density at radius 3 is 2.74 bits per heavy atom. The molecule has 122 valence electrons. The molecule has 2 aromatic rings. The standard InChI is InChI=1S/C18H23N3O2/c1-13-7-8-16(10-20-13)23-11-14-5-4-6-15(9-14)17(22)21-18(2,3)12-19/h4-10H,11-12,19H2,1-3H3,(H,21,22). The van der Waals surface area contributed by atoms with Crippen LogP contribution in [-0.2, 0) is 6.61 Å². The molecule has 0 saturated carbocycles. The zero-order valence-electron chi connectivity index (χ0n) is 13.8. The van der Waals surface area contributed by atoms with Gasteiger partial charge in [0.25, 0.3) is 5.91 Å².